The van der Waals surface area contributed by atoms with E-state index in [0.29, 0.717) is 0 Å². The summed E-state index contributed by atoms with van der Waals surface area (Å²) < 4.78 is 10.9. The van der Waals surface area contributed by atoms with Crippen LogP contribution in [-0.4, -0.2) is 64.1 Å². The summed E-state index contributed by atoms with van der Waals surface area (Å²) in [4.78, 5) is 8.21. The van der Waals surface area contributed by atoms with Crippen molar-refractivity contribution in [3.63, 3.8) is 0 Å². The average molecular weight is 571 g/mol. The Labute approximate surface area is 213 Å². The summed E-state index contributed by atoms with van der Waals surface area (Å²) in [5.41, 5.74) is 3.82. The Hall–Kier alpha value is -1.49. The number of aryl methyl sites for hydroxylation is 1. The van der Waals surface area contributed by atoms with Gasteiger partial charge in [-0.15, -0.1) is 35.7 Å². The van der Waals surface area contributed by atoms with Crippen LogP contribution in [0.5, 0.6) is 5.75 Å². The topological polar surface area (TPSA) is 58.1 Å². The fraction of sp³-hybridized carbons (Fsp3) is 0.458. The van der Waals surface area contributed by atoms with Crippen LogP contribution in [0.2, 0.25) is 0 Å². The Morgan fingerprint density at radius 3 is 2.50 bits per heavy atom. The minimum absolute atomic E-state index is 0. The van der Waals surface area contributed by atoms with E-state index in [1.165, 1.54) is 21.6 Å². The molecule has 3 rings (SSSR count). The van der Waals surface area contributed by atoms with Crippen LogP contribution < -0.4 is 15.4 Å². The maximum absolute atomic E-state index is 5.57. The number of halogens is 1. The summed E-state index contributed by atoms with van der Waals surface area (Å²) in [5.74, 6) is 1.68. The van der Waals surface area contributed by atoms with E-state index in [9.17, 15) is 0 Å². The third-order valence-electron chi connectivity index (χ3n) is 5.56. The van der Waals surface area contributed by atoms with Gasteiger partial charge in [0, 0.05) is 38.1 Å². The molecule has 1 fully saturated rings. The van der Waals surface area contributed by atoms with Gasteiger partial charge in [-0.3, -0.25) is 9.89 Å². The number of ether oxygens (including phenoxy) is 2. The maximum Gasteiger partial charge on any atom is 0.191 e. The molecule has 0 aromatic heterocycles. The van der Waals surface area contributed by atoms with E-state index in [1.54, 1.807) is 18.9 Å². The lowest BCUT2D eigenvalue weighted by atomic mass is 10.0. The molecule has 0 aliphatic carbocycles. The quantitative estimate of drug-likeness (QED) is 0.216. The zero-order valence-electron chi connectivity index (χ0n) is 19.4. The highest BCUT2D eigenvalue weighted by Gasteiger charge is 2.23. The first-order valence-corrected chi connectivity index (χ1v) is 11.9. The van der Waals surface area contributed by atoms with Gasteiger partial charge >= 0.3 is 0 Å². The normalized spacial score (nSPS) is 15.6. The van der Waals surface area contributed by atoms with Crippen LogP contribution in [0, 0.1) is 6.92 Å². The van der Waals surface area contributed by atoms with Crippen molar-refractivity contribution in [2.24, 2.45) is 4.99 Å². The van der Waals surface area contributed by atoms with E-state index in [2.05, 4.69) is 64.0 Å². The molecule has 2 aromatic rings. The molecule has 6 nitrogen and oxygen atoms in total. The molecule has 2 N–H and O–H groups in total. The van der Waals surface area contributed by atoms with Crippen molar-refractivity contribution >= 4 is 41.7 Å². The van der Waals surface area contributed by atoms with Gasteiger partial charge in [0.25, 0.3) is 0 Å². The first-order valence-electron chi connectivity index (χ1n) is 10.7. The number of rotatable bonds is 8. The van der Waals surface area contributed by atoms with Crippen molar-refractivity contribution in [3.8, 4) is 5.75 Å². The van der Waals surface area contributed by atoms with Crippen LogP contribution in [0.3, 0.4) is 0 Å². The Morgan fingerprint density at radius 1 is 1.16 bits per heavy atom. The standard InChI is InChI=1S/C24H34N4O2S.HI/c1-18-5-6-20(23(15-18)31-4)16-26-24(25-2)27-17-22(28-11-13-30-14-12-28)19-7-9-21(29-3)10-8-19;/h5-10,15,22H,11-14,16-17H2,1-4H3,(H2,25,26,27);1H. The third kappa shape index (κ3) is 7.54. The monoisotopic (exact) mass is 570 g/mol. The highest BCUT2D eigenvalue weighted by Crippen LogP contribution is 2.24. The minimum Gasteiger partial charge on any atom is -0.497 e. The zero-order valence-corrected chi connectivity index (χ0v) is 22.5. The van der Waals surface area contributed by atoms with Crippen molar-refractivity contribution in [2.75, 3.05) is 53.3 Å². The van der Waals surface area contributed by atoms with E-state index < -0.39 is 0 Å². The van der Waals surface area contributed by atoms with Crippen LogP contribution >= 0.6 is 35.7 Å². The van der Waals surface area contributed by atoms with Crippen LogP contribution in [0.25, 0.3) is 0 Å². The molecule has 1 aliphatic heterocycles. The van der Waals surface area contributed by atoms with Crippen molar-refractivity contribution in [3.05, 3.63) is 59.2 Å². The van der Waals surface area contributed by atoms with Gasteiger partial charge in [-0.2, -0.15) is 0 Å². The first kappa shape index (κ1) is 26.8. The van der Waals surface area contributed by atoms with Gasteiger partial charge in [-0.25, -0.2) is 0 Å². The number of hydrogen-bond acceptors (Lipinski definition) is 5. The maximum atomic E-state index is 5.57. The molecule has 0 radical (unpaired) electrons. The van der Waals surface area contributed by atoms with Crippen molar-refractivity contribution in [1.82, 2.24) is 15.5 Å². The number of morpholine rings is 1. The van der Waals surface area contributed by atoms with Gasteiger partial charge in [0.2, 0.25) is 0 Å². The second-order valence-electron chi connectivity index (χ2n) is 7.56. The Balaban J connectivity index is 0.00000363. The van der Waals surface area contributed by atoms with Gasteiger partial charge in [0.1, 0.15) is 5.75 Å². The molecule has 2 aromatic carbocycles. The van der Waals surface area contributed by atoms with Crippen LogP contribution in [0.15, 0.2) is 52.4 Å². The molecule has 1 atom stereocenters. The van der Waals surface area contributed by atoms with E-state index in [-0.39, 0.29) is 30.0 Å². The molecule has 1 unspecified atom stereocenters. The summed E-state index contributed by atoms with van der Waals surface area (Å²) in [5, 5.41) is 7.00. The predicted octanol–water partition coefficient (Wildman–Crippen LogP) is 4.08. The molecular weight excluding hydrogens is 535 g/mol. The van der Waals surface area contributed by atoms with Crippen molar-refractivity contribution in [2.45, 2.75) is 24.4 Å². The zero-order chi connectivity index (χ0) is 22.1. The SMILES string of the molecule is CN=C(NCc1ccc(C)cc1SC)NCC(c1ccc(OC)cc1)N1CCOCC1.I. The molecule has 0 saturated carbocycles. The predicted molar refractivity (Wildman–Crippen MR) is 145 cm³/mol. The Bertz CT molecular complexity index is 858. The molecule has 0 spiro atoms. The van der Waals surface area contributed by atoms with Gasteiger partial charge in [0.05, 0.1) is 26.4 Å². The summed E-state index contributed by atoms with van der Waals surface area (Å²) in [6.07, 6.45) is 2.12. The van der Waals surface area contributed by atoms with Gasteiger partial charge in [0.15, 0.2) is 5.96 Å². The highest BCUT2D eigenvalue weighted by molar-refractivity contribution is 14.0. The second kappa shape index (κ2) is 13.9. The number of hydrogen-bond donors (Lipinski definition) is 2. The number of guanidine groups is 1. The van der Waals surface area contributed by atoms with E-state index in [4.69, 9.17) is 9.47 Å². The fourth-order valence-electron chi connectivity index (χ4n) is 3.76. The highest BCUT2D eigenvalue weighted by atomic mass is 127. The third-order valence-corrected chi connectivity index (χ3v) is 6.38. The number of benzene rings is 2. The number of methoxy groups -OCH3 is 1. The molecule has 0 amide bonds. The molecule has 176 valence electrons. The molecule has 8 heteroatoms. The lowest BCUT2D eigenvalue weighted by Gasteiger charge is -2.35. The lowest BCUT2D eigenvalue weighted by molar-refractivity contribution is 0.0170. The van der Waals surface area contributed by atoms with Gasteiger partial charge in [-0.05, 0) is 48.1 Å². The number of thioether (sulfide) groups is 1. The Kier molecular flexibility index (Phi) is 11.6. The largest absolute Gasteiger partial charge is 0.497 e. The molecule has 1 heterocycles. The number of nitrogens with one attached hydrogen (secondary N) is 2. The lowest BCUT2D eigenvalue weighted by Crippen LogP contribution is -2.46. The average Bonchev–Trinajstić information content (AvgIpc) is 2.82. The minimum atomic E-state index is 0. The molecule has 32 heavy (non-hydrogen) atoms. The number of nitrogens with zero attached hydrogens (tertiary/aromatic N) is 2. The summed E-state index contributed by atoms with van der Waals surface area (Å²) in [6, 6.07) is 15.2. The van der Waals surface area contributed by atoms with Crippen LogP contribution in [0.4, 0.5) is 0 Å². The summed E-state index contributed by atoms with van der Waals surface area (Å²) in [7, 11) is 3.51. The van der Waals surface area contributed by atoms with Crippen LogP contribution in [-0.2, 0) is 11.3 Å². The second-order valence-corrected chi connectivity index (χ2v) is 8.41. The van der Waals surface area contributed by atoms with Crippen molar-refractivity contribution < 1.29 is 9.47 Å². The molecule has 1 saturated heterocycles. The van der Waals surface area contributed by atoms with Gasteiger partial charge in [-0.1, -0.05) is 24.3 Å². The fourth-order valence-corrected chi connectivity index (χ4v) is 4.47. The van der Waals surface area contributed by atoms with E-state index in [0.717, 1.165) is 51.1 Å². The van der Waals surface area contributed by atoms with E-state index in [1.807, 2.05) is 19.2 Å². The van der Waals surface area contributed by atoms with Gasteiger partial charge < -0.3 is 20.1 Å². The first-order chi connectivity index (χ1) is 15.1. The molecular formula is C24H35IN4O2S. The Morgan fingerprint density at radius 2 is 1.88 bits per heavy atom. The number of aliphatic imine (C=N–C) groups is 1. The summed E-state index contributed by atoms with van der Waals surface area (Å²) in [6.45, 7) is 7.00. The van der Waals surface area contributed by atoms with Crippen molar-refractivity contribution in [1.29, 1.82) is 0 Å². The van der Waals surface area contributed by atoms with E-state index >= 15 is 0 Å². The van der Waals surface area contributed by atoms with Crippen LogP contribution in [0.1, 0.15) is 22.7 Å². The summed E-state index contributed by atoms with van der Waals surface area (Å²) >= 11 is 1.78. The smallest absolute Gasteiger partial charge is 0.191 e. The molecule has 0 bridgehead atoms. The molecule has 1 aliphatic rings.